The van der Waals surface area contributed by atoms with Crippen LogP contribution in [0.25, 0.3) is 0 Å². The van der Waals surface area contributed by atoms with E-state index in [-0.39, 0.29) is 11.8 Å². The van der Waals surface area contributed by atoms with Crippen LogP contribution in [0, 0.1) is 0 Å². The predicted octanol–water partition coefficient (Wildman–Crippen LogP) is 1.92. The monoisotopic (exact) mass is 217 g/mol. The molecule has 4 heteroatoms. The van der Waals surface area contributed by atoms with Crippen LogP contribution in [-0.2, 0) is 9.59 Å². The normalized spacial score (nSPS) is 14.7. The van der Waals surface area contributed by atoms with E-state index in [2.05, 4.69) is 24.9 Å². The van der Waals surface area contributed by atoms with Gasteiger partial charge in [-0.2, -0.15) is 12.6 Å². The quantitative estimate of drug-likeness (QED) is 0.429. The maximum atomic E-state index is 10.1. The Morgan fingerprint density at radius 2 is 1.71 bits per heavy atom. The summed E-state index contributed by atoms with van der Waals surface area (Å²) in [5, 5.41) is 2.14. The summed E-state index contributed by atoms with van der Waals surface area (Å²) < 4.78 is 0. The number of imide groups is 1. The fourth-order valence-corrected chi connectivity index (χ4v) is 1.27. The lowest BCUT2D eigenvalue weighted by Gasteiger charge is -1.90. The summed E-state index contributed by atoms with van der Waals surface area (Å²) in [6.07, 6.45) is 6.10. The van der Waals surface area contributed by atoms with Gasteiger partial charge in [-0.1, -0.05) is 26.2 Å². The summed E-state index contributed by atoms with van der Waals surface area (Å²) in [7, 11) is 0. The Morgan fingerprint density at radius 3 is 2.00 bits per heavy atom. The number of unbranched alkanes of at least 4 members (excludes halogenated alkanes) is 3. The van der Waals surface area contributed by atoms with Crippen molar-refractivity contribution in [2.75, 3.05) is 5.75 Å². The highest BCUT2D eigenvalue weighted by molar-refractivity contribution is 7.80. The molecule has 0 spiro atoms. The Balaban J connectivity index is 0.000000241. The number of rotatable bonds is 4. The van der Waals surface area contributed by atoms with Gasteiger partial charge < -0.3 is 0 Å². The number of amides is 2. The summed E-state index contributed by atoms with van der Waals surface area (Å²) in [5.74, 6) is 0.759. The Kier molecular flexibility index (Phi) is 8.73. The van der Waals surface area contributed by atoms with Crippen molar-refractivity contribution in [1.82, 2.24) is 5.32 Å². The number of nitrogens with one attached hydrogen (secondary N) is 1. The molecular formula is C10H19NO2S. The van der Waals surface area contributed by atoms with Crippen LogP contribution in [0.4, 0.5) is 0 Å². The lowest BCUT2D eigenvalue weighted by Crippen LogP contribution is -2.18. The third-order valence-corrected chi connectivity index (χ3v) is 2.19. The smallest absolute Gasteiger partial charge is 0.227 e. The van der Waals surface area contributed by atoms with Crippen LogP contribution >= 0.6 is 12.6 Å². The van der Waals surface area contributed by atoms with Gasteiger partial charge in [-0.05, 0) is 12.2 Å². The Hall–Kier alpha value is -0.510. The van der Waals surface area contributed by atoms with Crippen molar-refractivity contribution < 1.29 is 9.59 Å². The zero-order chi connectivity index (χ0) is 10.8. The molecule has 14 heavy (non-hydrogen) atoms. The Labute approximate surface area is 91.1 Å². The SMILES string of the molecule is CCCCCCS.O=C1CCC(=O)N1. The van der Waals surface area contributed by atoms with E-state index >= 15 is 0 Å². The van der Waals surface area contributed by atoms with E-state index in [1.54, 1.807) is 0 Å². The van der Waals surface area contributed by atoms with E-state index in [0.717, 1.165) is 5.75 Å². The lowest BCUT2D eigenvalue weighted by atomic mass is 10.2. The molecule has 0 bridgehead atoms. The summed E-state index contributed by atoms with van der Waals surface area (Å²) in [5.41, 5.74) is 0. The molecule has 1 saturated heterocycles. The molecule has 1 aliphatic rings. The van der Waals surface area contributed by atoms with E-state index in [4.69, 9.17) is 0 Å². The van der Waals surface area contributed by atoms with Gasteiger partial charge in [0.15, 0.2) is 0 Å². The molecule has 1 rings (SSSR count). The highest BCUT2D eigenvalue weighted by atomic mass is 32.1. The van der Waals surface area contributed by atoms with Crippen molar-refractivity contribution in [3.05, 3.63) is 0 Å². The summed E-state index contributed by atoms with van der Waals surface area (Å²) in [6.45, 7) is 2.22. The second kappa shape index (κ2) is 9.06. The Bertz CT molecular complexity index is 165. The van der Waals surface area contributed by atoms with Gasteiger partial charge in [-0.15, -0.1) is 0 Å². The third-order valence-electron chi connectivity index (χ3n) is 1.87. The van der Waals surface area contributed by atoms with Crippen LogP contribution in [0.2, 0.25) is 0 Å². The number of carbonyl (C=O) groups is 2. The topological polar surface area (TPSA) is 46.2 Å². The van der Waals surface area contributed by atoms with E-state index in [1.165, 1.54) is 25.7 Å². The number of hydrogen-bond acceptors (Lipinski definition) is 3. The number of carbonyl (C=O) groups excluding carboxylic acids is 2. The average molecular weight is 217 g/mol. The number of hydrogen-bond donors (Lipinski definition) is 2. The van der Waals surface area contributed by atoms with Crippen LogP contribution in [0.5, 0.6) is 0 Å². The highest BCUT2D eigenvalue weighted by Crippen LogP contribution is 1.98. The minimum atomic E-state index is -0.148. The Morgan fingerprint density at radius 1 is 1.14 bits per heavy atom. The molecule has 0 radical (unpaired) electrons. The van der Waals surface area contributed by atoms with Gasteiger partial charge in [0.05, 0.1) is 0 Å². The molecule has 1 fully saturated rings. The first kappa shape index (κ1) is 13.5. The average Bonchev–Trinajstić information content (AvgIpc) is 2.52. The molecule has 0 aromatic heterocycles. The molecule has 82 valence electrons. The van der Waals surface area contributed by atoms with Gasteiger partial charge in [0, 0.05) is 12.8 Å². The molecule has 0 unspecified atom stereocenters. The first-order chi connectivity index (χ1) is 6.70. The zero-order valence-corrected chi connectivity index (χ0v) is 9.61. The van der Waals surface area contributed by atoms with E-state index < -0.39 is 0 Å². The first-order valence-electron chi connectivity index (χ1n) is 5.14. The van der Waals surface area contributed by atoms with Gasteiger partial charge in [0.25, 0.3) is 0 Å². The van der Waals surface area contributed by atoms with Crippen molar-refractivity contribution in [2.45, 2.75) is 45.4 Å². The zero-order valence-electron chi connectivity index (χ0n) is 8.71. The van der Waals surface area contributed by atoms with Crippen LogP contribution in [0.1, 0.15) is 45.4 Å². The molecule has 0 aromatic rings. The molecule has 0 aromatic carbocycles. The van der Waals surface area contributed by atoms with Crippen LogP contribution in [0.3, 0.4) is 0 Å². The largest absolute Gasteiger partial charge is 0.296 e. The molecule has 0 atom stereocenters. The predicted molar refractivity (Wildman–Crippen MR) is 60.4 cm³/mol. The second-order valence-electron chi connectivity index (χ2n) is 3.26. The van der Waals surface area contributed by atoms with Crippen molar-refractivity contribution in [2.24, 2.45) is 0 Å². The fourth-order valence-electron chi connectivity index (χ4n) is 1.05. The second-order valence-corrected chi connectivity index (χ2v) is 3.70. The maximum Gasteiger partial charge on any atom is 0.227 e. The van der Waals surface area contributed by atoms with Gasteiger partial charge in [0.1, 0.15) is 0 Å². The summed E-state index contributed by atoms with van der Waals surface area (Å²) >= 11 is 4.09. The van der Waals surface area contributed by atoms with Gasteiger partial charge >= 0.3 is 0 Å². The van der Waals surface area contributed by atoms with Gasteiger partial charge in [-0.3, -0.25) is 14.9 Å². The first-order valence-corrected chi connectivity index (χ1v) is 5.77. The van der Waals surface area contributed by atoms with Crippen LogP contribution in [-0.4, -0.2) is 17.6 Å². The molecule has 1 aliphatic heterocycles. The van der Waals surface area contributed by atoms with Gasteiger partial charge in [0.2, 0.25) is 11.8 Å². The molecule has 3 nitrogen and oxygen atoms in total. The third kappa shape index (κ3) is 8.10. The molecule has 2 amide bonds. The van der Waals surface area contributed by atoms with Crippen LogP contribution in [0.15, 0.2) is 0 Å². The van der Waals surface area contributed by atoms with Gasteiger partial charge in [-0.25, -0.2) is 0 Å². The lowest BCUT2D eigenvalue weighted by molar-refractivity contribution is -0.124. The molecular weight excluding hydrogens is 198 g/mol. The number of thiol groups is 1. The standard InChI is InChI=1S/C6H14S.C4H5NO2/c1-2-3-4-5-6-7;6-3-1-2-4(7)5-3/h7H,2-6H2,1H3;1-2H2,(H,5,6,7). The van der Waals surface area contributed by atoms with E-state index in [1.807, 2.05) is 0 Å². The van der Waals surface area contributed by atoms with Crippen molar-refractivity contribution in [1.29, 1.82) is 0 Å². The van der Waals surface area contributed by atoms with E-state index in [0.29, 0.717) is 12.8 Å². The van der Waals surface area contributed by atoms with Crippen molar-refractivity contribution in [3.8, 4) is 0 Å². The minimum absolute atomic E-state index is 0.148. The fraction of sp³-hybridized carbons (Fsp3) is 0.800. The van der Waals surface area contributed by atoms with Crippen molar-refractivity contribution in [3.63, 3.8) is 0 Å². The minimum Gasteiger partial charge on any atom is -0.296 e. The van der Waals surface area contributed by atoms with Crippen molar-refractivity contribution >= 4 is 24.4 Å². The maximum absolute atomic E-state index is 10.1. The summed E-state index contributed by atoms with van der Waals surface area (Å²) in [6, 6.07) is 0. The molecule has 0 aliphatic carbocycles. The molecule has 1 N–H and O–H groups in total. The molecule has 1 heterocycles. The highest BCUT2D eigenvalue weighted by Gasteiger charge is 2.15. The molecule has 0 saturated carbocycles. The van der Waals surface area contributed by atoms with E-state index in [9.17, 15) is 9.59 Å². The summed E-state index contributed by atoms with van der Waals surface area (Å²) in [4.78, 5) is 20.2. The van der Waals surface area contributed by atoms with Crippen LogP contribution < -0.4 is 5.32 Å².